The van der Waals surface area contributed by atoms with E-state index in [-0.39, 0.29) is 31.0 Å². The van der Waals surface area contributed by atoms with E-state index in [0.29, 0.717) is 29.7 Å². The summed E-state index contributed by atoms with van der Waals surface area (Å²) in [4.78, 5) is 32.6. The average molecular weight is 446 g/mol. The largest absolute Gasteiger partial charge is 0.492 e. The molecule has 172 valence electrons. The van der Waals surface area contributed by atoms with E-state index in [2.05, 4.69) is 15.3 Å². The van der Waals surface area contributed by atoms with Gasteiger partial charge in [0, 0.05) is 31.8 Å². The van der Waals surface area contributed by atoms with Crippen molar-refractivity contribution in [3.8, 4) is 5.75 Å². The highest BCUT2D eigenvalue weighted by Gasteiger charge is 2.55. The van der Waals surface area contributed by atoms with E-state index in [0.717, 1.165) is 0 Å². The molecule has 2 aromatic heterocycles. The minimum Gasteiger partial charge on any atom is -0.492 e. The van der Waals surface area contributed by atoms with Gasteiger partial charge in [-0.2, -0.15) is 0 Å². The van der Waals surface area contributed by atoms with Crippen LogP contribution in [-0.4, -0.2) is 52.4 Å². The molecule has 0 radical (unpaired) electrons. The van der Waals surface area contributed by atoms with Gasteiger partial charge < -0.3 is 15.0 Å². The molecule has 1 saturated heterocycles. The van der Waals surface area contributed by atoms with Crippen LogP contribution in [0.15, 0.2) is 41.5 Å². The number of carbonyl (C=O) groups excluding carboxylic acids is 1. The second-order valence-corrected chi connectivity index (χ2v) is 9.00. The predicted molar refractivity (Wildman–Crippen MR) is 116 cm³/mol. The normalized spacial score (nSPS) is 24.0. The van der Waals surface area contributed by atoms with Crippen LogP contribution >= 0.6 is 0 Å². The first-order valence-electron chi connectivity index (χ1n) is 10.9. The highest BCUT2D eigenvalue weighted by Crippen LogP contribution is 2.45. The lowest BCUT2D eigenvalue weighted by Gasteiger charge is -2.47. The fourth-order valence-electron chi connectivity index (χ4n) is 3.98. The molecule has 1 aliphatic heterocycles. The molecule has 2 aliphatic rings. The fourth-order valence-corrected chi connectivity index (χ4v) is 3.98. The van der Waals surface area contributed by atoms with Gasteiger partial charge in [0.05, 0.1) is 24.3 Å². The summed E-state index contributed by atoms with van der Waals surface area (Å²) in [6.45, 7) is 3.90. The molecule has 1 amide bonds. The minimum absolute atomic E-state index is 0.0258. The average Bonchev–Trinajstić information content (AvgIpc) is 3.60. The Morgan fingerprint density at radius 3 is 2.75 bits per heavy atom. The molecule has 4 rings (SSSR count). The molecular weight excluding hydrogens is 418 g/mol. The molecule has 7 nitrogen and oxygen atoms in total. The minimum atomic E-state index is -2.98. The number of hydrogen-bond donors (Lipinski definition) is 2. The highest BCUT2D eigenvalue weighted by atomic mass is 19.3. The number of nitrogens with one attached hydrogen (secondary N) is 2. The smallest absolute Gasteiger partial charge is 0.259 e. The Hall–Kier alpha value is -2.81. The van der Waals surface area contributed by atoms with Crippen molar-refractivity contribution >= 4 is 11.7 Å². The zero-order valence-electron chi connectivity index (χ0n) is 18.2. The maximum Gasteiger partial charge on any atom is 0.259 e. The van der Waals surface area contributed by atoms with Gasteiger partial charge in [-0.05, 0) is 50.3 Å². The molecule has 3 heterocycles. The SMILES string of the molecule is CC(C(=O)Nc1ccc(OCC2CC2)cn1)N1CCC(F)(F)C(C)(c2ccc(=O)[nH]c2)C1. The lowest BCUT2D eigenvalue weighted by atomic mass is 9.73. The summed E-state index contributed by atoms with van der Waals surface area (Å²) in [6.07, 6.45) is 4.91. The first-order chi connectivity index (χ1) is 15.2. The number of nitrogens with zero attached hydrogens (tertiary/aromatic N) is 2. The van der Waals surface area contributed by atoms with E-state index >= 15 is 0 Å². The number of alkyl halides is 2. The van der Waals surface area contributed by atoms with Crippen LogP contribution in [0.1, 0.15) is 38.7 Å². The summed E-state index contributed by atoms with van der Waals surface area (Å²) >= 11 is 0. The number of ether oxygens (including phenoxy) is 1. The Morgan fingerprint density at radius 2 is 2.12 bits per heavy atom. The van der Waals surface area contributed by atoms with E-state index in [4.69, 9.17) is 4.74 Å². The molecule has 2 fully saturated rings. The van der Waals surface area contributed by atoms with E-state index in [1.54, 1.807) is 30.2 Å². The summed E-state index contributed by atoms with van der Waals surface area (Å²) in [6, 6.07) is 5.46. The second kappa shape index (κ2) is 8.61. The van der Waals surface area contributed by atoms with Gasteiger partial charge in [-0.25, -0.2) is 13.8 Å². The number of carbonyl (C=O) groups is 1. The first-order valence-corrected chi connectivity index (χ1v) is 10.9. The number of anilines is 1. The quantitative estimate of drug-likeness (QED) is 0.682. The number of rotatable bonds is 7. The second-order valence-electron chi connectivity index (χ2n) is 9.00. The van der Waals surface area contributed by atoms with Gasteiger partial charge >= 0.3 is 0 Å². The number of aromatic nitrogens is 2. The zero-order chi connectivity index (χ0) is 22.9. The molecule has 0 spiro atoms. The number of likely N-dealkylation sites (tertiary alicyclic amines) is 1. The van der Waals surface area contributed by atoms with Crippen LogP contribution in [0.25, 0.3) is 0 Å². The van der Waals surface area contributed by atoms with Crippen LogP contribution in [0, 0.1) is 5.92 Å². The Morgan fingerprint density at radius 1 is 1.34 bits per heavy atom. The molecule has 2 unspecified atom stereocenters. The van der Waals surface area contributed by atoms with Gasteiger partial charge in [-0.3, -0.25) is 14.5 Å². The van der Waals surface area contributed by atoms with Crippen LogP contribution in [0.4, 0.5) is 14.6 Å². The Balaban J connectivity index is 1.41. The summed E-state index contributed by atoms with van der Waals surface area (Å²) < 4.78 is 35.5. The highest BCUT2D eigenvalue weighted by molar-refractivity contribution is 5.93. The molecule has 32 heavy (non-hydrogen) atoms. The molecule has 2 aromatic rings. The third-order valence-corrected chi connectivity index (χ3v) is 6.56. The van der Waals surface area contributed by atoms with Crippen LogP contribution in [0.3, 0.4) is 0 Å². The molecule has 1 aliphatic carbocycles. The monoisotopic (exact) mass is 446 g/mol. The molecule has 2 N–H and O–H groups in total. The first kappa shape index (κ1) is 22.4. The maximum atomic E-state index is 14.9. The molecular formula is C23H28F2N4O3. The molecule has 0 bridgehead atoms. The number of H-pyrrole nitrogens is 1. The van der Waals surface area contributed by atoms with Crippen molar-refractivity contribution in [2.24, 2.45) is 5.92 Å². The van der Waals surface area contributed by atoms with Gasteiger partial charge in [0.2, 0.25) is 11.5 Å². The maximum absolute atomic E-state index is 14.9. The van der Waals surface area contributed by atoms with E-state index < -0.39 is 17.4 Å². The van der Waals surface area contributed by atoms with Crippen LogP contribution in [0.2, 0.25) is 0 Å². The van der Waals surface area contributed by atoms with Crippen LogP contribution in [-0.2, 0) is 10.2 Å². The summed E-state index contributed by atoms with van der Waals surface area (Å²) in [5.74, 6) is -1.63. The van der Waals surface area contributed by atoms with Crippen LogP contribution in [0.5, 0.6) is 5.75 Å². The van der Waals surface area contributed by atoms with Crippen molar-refractivity contribution in [3.05, 3.63) is 52.6 Å². The number of aromatic amines is 1. The van der Waals surface area contributed by atoms with Gasteiger partial charge in [0.25, 0.3) is 5.92 Å². The summed E-state index contributed by atoms with van der Waals surface area (Å²) in [5, 5.41) is 2.76. The number of halogens is 2. The van der Waals surface area contributed by atoms with Gasteiger partial charge in [0.15, 0.2) is 0 Å². The summed E-state index contributed by atoms with van der Waals surface area (Å²) in [7, 11) is 0. The molecule has 9 heteroatoms. The standard InChI is InChI=1S/C23H28F2N4O3/c1-15(21(31)28-19-7-6-18(12-26-19)32-13-16-3-4-16)29-10-9-23(24,25)22(2,14-29)17-5-8-20(30)27-11-17/h5-8,11-12,15-16H,3-4,9-10,13-14H2,1-2H3,(H,27,30)(H,26,28,31). The molecule has 1 saturated carbocycles. The van der Waals surface area contributed by atoms with Crippen molar-refractivity contribution in [2.45, 2.75) is 50.5 Å². The number of piperidine rings is 1. The third-order valence-electron chi connectivity index (χ3n) is 6.56. The van der Waals surface area contributed by atoms with Crippen molar-refractivity contribution in [3.63, 3.8) is 0 Å². The zero-order valence-corrected chi connectivity index (χ0v) is 18.2. The van der Waals surface area contributed by atoms with E-state index in [1.165, 1.54) is 38.1 Å². The van der Waals surface area contributed by atoms with Crippen molar-refractivity contribution < 1.29 is 18.3 Å². The Bertz CT molecular complexity index is 1000. The van der Waals surface area contributed by atoms with Crippen LogP contribution < -0.4 is 15.6 Å². The number of hydrogen-bond acceptors (Lipinski definition) is 5. The van der Waals surface area contributed by atoms with Crippen molar-refractivity contribution in [2.75, 3.05) is 25.0 Å². The van der Waals surface area contributed by atoms with Gasteiger partial charge in [0.1, 0.15) is 11.6 Å². The van der Waals surface area contributed by atoms with Gasteiger partial charge in [-0.15, -0.1) is 0 Å². The molecule has 0 aromatic carbocycles. The number of amides is 1. The number of pyridine rings is 2. The Kier molecular flexibility index (Phi) is 6.03. The predicted octanol–water partition coefficient (Wildman–Crippen LogP) is 3.18. The van der Waals surface area contributed by atoms with E-state index in [9.17, 15) is 18.4 Å². The van der Waals surface area contributed by atoms with Crippen molar-refractivity contribution in [1.82, 2.24) is 14.9 Å². The third kappa shape index (κ3) is 4.67. The lowest BCUT2D eigenvalue weighted by Crippen LogP contribution is -2.60. The molecule has 2 atom stereocenters. The van der Waals surface area contributed by atoms with Gasteiger partial charge in [-0.1, -0.05) is 6.07 Å². The van der Waals surface area contributed by atoms with E-state index in [1.807, 2.05) is 0 Å². The fraction of sp³-hybridized carbons (Fsp3) is 0.522. The lowest BCUT2D eigenvalue weighted by molar-refractivity contribution is -0.137. The topological polar surface area (TPSA) is 87.3 Å². The summed E-state index contributed by atoms with van der Waals surface area (Å²) in [5.41, 5.74) is -1.55. The van der Waals surface area contributed by atoms with Crippen molar-refractivity contribution in [1.29, 1.82) is 0 Å². The Labute approximate surface area is 185 Å².